The summed E-state index contributed by atoms with van der Waals surface area (Å²) in [6, 6.07) is 20.2. The highest BCUT2D eigenvalue weighted by Gasteiger charge is 2.22. The molecule has 3 rings (SSSR count). The third-order valence-electron chi connectivity index (χ3n) is 4.11. The summed E-state index contributed by atoms with van der Waals surface area (Å²) in [6.45, 7) is 1.11. The van der Waals surface area contributed by atoms with Crippen LogP contribution < -0.4 is 5.32 Å². The lowest BCUT2D eigenvalue weighted by Gasteiger charge is -2.19. The van der Waals surface area contributed by atoms with Crippen LogP contribution in [0.4, 0.5) is 0 Å². The molecule has 2 aromatic carbocycles. The van der Waals surface area contributed by atoms with Crippen LogP contribution in [-0.2, 0) is 12.8 Å². The Kier molecular flexibility index (Phi) is 5.10. The lowest BCUT2D eigenvalue weighted by atomic mass is 9.92. The van der Waals surface area contributed by atoms with Crippen LogP contribution in [0.25, 0.3) is 0 Å². The highest BCUT2D eigenvalue weighted by Crippen LogP contribution is 2.23. The van der Waals surface area contributed by atoms with E-state index in [0.29, 0.717) is 5.92 Å². The number of rotatable bonds is 7. The lowest BCUT2D eigenvalue weighted by Crippen LogP contribution is -2.27. The van der Waals surface area contributed by atoms with Gasteiger partial charge >= 0.3 is 0 Å². The van der Waals surface area contributed by atoms with E-state index in [1.807, 2.05) is 0 Å². The molecule has 1 atom stereocenters. The maximum atomic E-state index is 3.70. The van der Waals surface area contributed by atoms with Crippen LogP contribution in [0.2, 0.25) is 0 Å². The van der Waals surface area contributed by atoms with Gasteiger partial charge in [-0.25, -0.2) is 0 Å². The van der Waals surface area contributed by atoms with Crippen LogP contribution in [0, 0.1) is 5.92 Å². The molecule has 0 heterocycles. The van der Waals surface area contributed by atoms with E-state index in [1.54, 1.807) is 0 Å². The number of hydrogen-bond donors (Lipinski definition) is 1. The maximum Gasteiger partial charge on any atom is 0.0207 e. The minimum atomic E-state index is 0.645. The van der Waals surface area contributed by atoms with Crippen molar-refractivity contribution >= 4 is 15.9 Å². The molecule has 1 saturated carbocycles. The first kappa shape index (κ1) is 14.8. The van der Waals surface area contributed by atoms with Crippen LogP contribution in [0.1, 0.15) is 24.0 Å². The molecule has 1 N–H and O–H groups in total. The van der Waals surface area contributed by atoms with Gasteiger partial charge in [-0.05, 0) is 55.3 Å². The zero-order valence-corrected chi connectivity index (χ0v) is 13.9. The molecule has 0 amide bonds. The van der Waals surface area contributed by atoms with E-state index < -0.39 is 0 Å². The molecule has 2 heteroatoms. The van der Waals surface area contributed by atoms with Gasteiger partial charge in [0.1, 0.15) is 0 Å². The Balaban J connectivity index is 1.67. The summed E-state index contributed by atoms with van der Waals surface area (Å²) in [5.41, 5.74) is 2.85. The molecule has 0 radical (unpaired) electrons. The quantitative estimate of drug-likeness (QED) is 0.774. The molecular weight excluding hydrogens is 322 g/mol. The minimum Gasteiger partial charge on any atom is -0.314 e. The Bertz CT molecular complexity index is 563. The summed E-state index contributed by atoms with van der Waals surface area (Å²) in [5, 5.41) is 3.70. The second-order valence-corrected chi connectivity index (χ2v) is 6.89. The Hall–Kier alpha value is -1.12. The number of nitrogens with one attached hydrogen (secondary N) is 1. The number of hydrogen-bond acceptors (Lipinski definition) is 1. The fourth-order valence-electron chi connectivity index (χ4n) is 2.76. The van der Waals surface area contributed by atoms with E-state index >= 15 is 0 Å². The molecule has 0 bridgehead atoms. The second-order valence-electron chi connectivity index (χ2n) is 6.03. The molecule has 2 aromatic rings. The number of benzene rings is 2. The summed E-state index contributed by atoms with van der Waals surface area (Å²) in [4.78, 5) is 0. The lowest BCUT2D eigenvalue weighted by molar-refractivity contribution is 0.468. The third kappa shape index (κ3) is 4.69. The molecule has 1 nitrogen and oxygen atoms in total. The monoisotopic (exact) mass is 343 g/mol. The second kappa shape index (κ2) is 7.24. The molecule has 0 aliphatic heterocycles. The van der Waals surface area contributed by atoms with Gasteiger partial charge in [0.15, 0.2) is 0 Å². The van der Waals surface area contributed by atoms with Crippen molar-refractivity contribution in [3.05, 3.63) is 70.2 Å². The van der Waals surface area contributed by atoms with Gasteiger partial charge in [0.25, 0.3) is 0 Å². The Morgan fingerprint density at radius 2 is 1.67 bits per heavy atom. The highest BCUT2D eigenvalue weighted by atomic mass is 79.9. The first-order valence-electron chi connectivity index (χ1n) is 7.82. The van der Waals surface area contributed by atoms with Gasteiger partial charge in [0, 0.05) is 10.5 Å². The van der Waals surface area contributed by atoms with E-state index in [4.69, 9.17) is 0 Å². The molecule has 1 aliphatic carbocycles. The van der Waals surface area contributed by atoms with Crippen molar-refractivity contribution in [2.45, 2.75) is 31.7 Å². The topological polar surface area (TPSA) is 12.0 Å². The number of halogens is 1. The molecule has 21 heavy (non-hydrogen) atoms. The summed E-state index contributed by atoms with van der Waals surface area (Å²) in [6.07, 6.45) is 4.97. The summed E-state index contributed by atoms with van der Waals surface area (Å²) >= 11 is 3.68. The van der Waals surface area contributed by atoms with E-state index in [0.717, 1.165) is 25.4 Å². The van der Waals surface area contributed by atoms with Crippen molar-refractivity contribution in [1.82, 2.24) is 5.32 Å². The van der Waals surface area contributed by atoms with Gasteiger partial charge in [-0.1, -0.05) is 64.5 Å². The van der Waals surface area contributed by atoms with E-state index in [2.05, 4.69) is 75.8 Å². The van der Waals surface area contributed by atoms with Gasteiger partial charge in [0.05, 0.1) is 0 Å². The fraction of sp³-hybridized carbons (Fsp3) is 0.368. The Labute approximate surface area is 135 Å². The highest BCUT2D eigenvalue weighted by molar-refractivity contribution is 9.10. The van der Waals surface area contributed by atoms with Crippen LogP contribution >= 0.6 is 15.9 Å². The first-order valence-corrected chi connectivity index (χ1v) is 8.61. The average Bonchev–Trinajstić information content (AvgIpc) is 3.32. The molecular formula is C19H22BrN. The van der Waals surface area contributed by atoms with Crippen LogP contribution in [0.15, 0.2) is 59.1 Å². The van der Waals surface area contributed by atoms with Crippen molar-refractivity contribution in [2.24, 2.45) is 5.92 Å². The van der Waals surface area contributed by atoms with Gasteiger partial charge in [-0.2, -0.15) is 0 Å². The zero-order valence-electron chi connectivity index (χ0n) is 12.3. The SMILES string of the molecule is Brc1ccccc1CC(CNC1CC1)Cc1ccccc1. The third-order valence-corrected chi connectivity index (χ3v) is 4.88. The van der Waals surface area contributed by atoms with Gasteiger partial charge in [-0.3, -0.25) is 0 Å². The van der Waals surface area contributed by atoms with E-state index in [-0.39, 0.29) is 0 Å². The predicted octanol–water partition coefficient (Wildman–Crippen LogP) is 4.60. The van der Waals surface area contributed by atoms with E-state index in [9.17, 15) is 0 Å². The maximum absolute atomic E-state index is 3.70. The van der Waals surface area contributed by atoms with Gasteiger partial charge in [0.2, 0.25) is 0 Å². The Morgan fingerprint density at radius 3 is 2.38 bits per heavy atom. The molecule has 1 unspecified atom stereocenters. The van der Waals surface area contributed by atoms with Crippen molar-refractivity contribution in [3.63, 3.8) is 0 Å². The molecule has 0 aromatic heterocycles. The van der Waals surface area contributed by atoms with Crippen molar-refractivity contribution in [2.75, 3.05) is 6.54 Å². The Morgan fingerprint density at radius 1 is 0.952 bits per heavy atom. The normalized spacial score (nSPS) is 15.9. The predicted molar refractivity (Wildman–Crippen MR) is 92.5 cm³/mol. The summed E-state index contributed by atoms with van der Waals surface area (Å²) < 4.78 is 1.23. The zero-order chi connectivity index (χ0) is 14.5. The fourth-order valence-corrected chi connectivity index (χ4v) is 3.21. The standard InChI is InChI=1S/C19H22BrN/c20-19-9-5-4-8-17(19)13-16(14-21-18-10-11-18)12-15-6-2-1-3-7-15/h1-9,16,18,21H,10-14H2. The van der Waals surface area contributed by atoms with Crippen LogP contribution in [-0.4, -0.2) is 12.6 Å². The van der Waals surface area contributed by atoms with Crippen LogP contribution in [0.3, 0.4) is 0 Å². The summed E-state index contributed by atoms with van der Waals surface area (Å²) in [5.74, 6) is 0.645. The van der Waals surface area contributed by atoms with Crippen molar-refractivity contribution < 1.29 is 0 Å². The largest absolute Gasteiger partial charge is 0.314 e. The molecule has 0 saturated heterocycles. The smallest absolute Gasteiger partial charge is 0.0207 e. The van der Waals surface area contributed by atoms with Crippen LogP contribution in [0.5, 0.6) is 0 Å². The minimum absolute atomic E-state index is 0.645. The summed E-state index contributed by atoms with van der Waals surface area (Å²) in [7, 11) is 0. The van der Waals surface area contributed by atoms with Crippen molar-refractivity contribution in [1.29, 1.82) is 0 Å². The molecule has 0 spiro atoms. The molecule has 1 aliphatic rings. The van der Waals surface area contributed by atoms with E-state index in [1.165, 1.54) is 28.4 Å². The van der Waals surface area contributed by atoms with Gasteiger partial charge in [-0.15, -0.1) is 0 Å². The average molecular weight is 344 g/mol. The molecule has 110 valence electrons. The van der Waals surface area contributed by atoms with Gasteiger partial charge < -0.3 is 5.32 Å². The van der Waals surface area contributed by atoms with Crippen molar-refractivity contribution in [3.8, 4) is 0 Å². The first-order chi connectivity index (χ1) is 10.3. The molecule has 1 fully saturated rings.